The number of allylic oxidation sites excluding steroid dienone is 5. The Morgan fingerprint density at radius 3 is 3.00 bits per heavy atom. The monoisotopic (exact) mass is 194 g/mol. The van der Waals surface area contributed by atoms with Crippen LogP contribution in [0.4, 0.5) is 0 Å². The van der Waals surface area contributed by atoms with Crippen molar-refractivity contribution >= 4 is 11.6 Å². The highest BCUT2D eigenvalue weighted by Crippen LogP contribution is 2.36. The summed E-state index contributed by atoms with van der Waals surface area (Å²) in [5.41, 5.74) is 7.54. The molecule has 0 saturated heterocycles. The molecule has 3 aliphatic rings. The summed E-state index contributed by atoms with van der Waals surface area (Å²) >= 11 is 0. The van der Waals surface area contributed by atoms with Gasteiger partial charge in [-0.2, -0.15) is 4.57 Å². The molecule has 0 fully saturated rings. The highest BCUT2D eigenvalue weighted by molar-refractivity contribution is 5.77. The molecule has 0 aromatic carbocycles. The van der Waals surface area contributed by atoms with Gasteiger partial charge in [-0.25, -0.2) is 0 Å². The molecule has 4 rings (SSSR count). The molecule has 0 amide bonds. The molecule has 1 nitrogen and oxygen atoms in total. The highest BCUT2D eigenvalue weighted by Gasteiger charge is 2.33. The van der Waals surface area contributed by atoms with Crippen molar-refractivity contribution in [1.29, 1.82) is 0 Å². The molecule has 72 valence electrons. The molecular weight excluding hydrogens is 182 g/mol. The molecule has 2 heterocycles. The van der Waals surface area contributed by atoms with Crippen molar-refractivity contribution in [1.82, 2.24) is 0 Å². The van der Waals surface area contributed by atoms with Gasteiger partial charge in [-0.05, 0) is 18.4 Å². The Bertz CT molecular complexity index is 559. The van der Waals surface area contributed by atoms with E-state index >= 15 is 0 Å². The number of rotatable bonds is 0. The van der Waals surface area contributed by atoms with Crippen molar-refractivity contribution in [3.05, 3.63) is 52.9 Å². The molecule has 0 saturated carbocycles. The Balaban J connectivity index is 2.01. The molecule has 0 radical (unpaired) electrons. The summed E-state index contributed by atoms with van der Waals surface area (Å²) in [6.45, 7) is 1.08. The SMILES string of the molecule is C1=CC2=C(C1)c1c3c(cc[n+]1C2)C=CC3. The van der Waals surface area contributed by atoms with E-state index in [4.69, 9.17) is 0 Å². The molecule has 1 heteroatoms. The van der Waals surface area contributed by atoms with Crippen molar-refractivity contribution in [3.8, 4) is 0 Å². The van der Waals surface area contributed by atoms with E-state index in [2.05, 4.69) is 41.1 Å². The largest absolute Gasteiger partial charge is 0.213 e. The van der Waals surface area contributed by atoms with Gasteiger partial charge < -0.3 is 0 Å². The molecule has 0 unspecified atom stereocenters. The number of hydrogen-bond donors (Lipinski definition) is 0. The fourth-order valence-electron chi connectivity index (χ4n) is 2.95. The Labute approximate surface area is 89.1 Å². The maximum Gasteiger partial charge on any atom is 0.213 e. The molecule has 15 heavy (non-hydrogen) atoms. The second-order valence-corrected chi connectivity index (χ2v) is 4.44. The first-order valence-electron chi connectivity index (χ1n) is 5.54. The van der Waals surface area contributed by atoms with Crippen LogP contribution >= 0.6 is 0 Å². The number of fused-ring (bicyclic) bond motifs is 4. The standard InChI is InChI=1S/C14H12N/c1-3-10-7-8-15-9-11-4-2-6-13(11)14(15)12(10)5-1/h1-4,7-8H,5-6,9H2/q+1. The lowest BCUT2D eigenvalue weighted by molar-refractivity contribution is -0.686. The molecule has 1 aromatic heterocycles. The molecule has 0 spiro atoms. The molecule has 0 atom stereocenters. The average molecular weight is 194 g/mol. The zero-order valence-corrected chi connectivity index (χ0v) is 8.53. The van der Waals surface area contributed by atoms with E-state index in [1.54, 1.807) is 5.57 Å². The van der Waals surface area contributed by atoms with E-state index < -0.39 is 0 Å². The van der Waals surface area contributed by atoms with Gasteiger partial charge in [0.05, 0.1) is 0 Å². The molecule has 0 bridgehead atoms. The fourth-order valence-corrected chi connectivity index (χ4v) is 2.95. The average Bonchev–Trinajstić information content (AvgIpc) is 2.89. The lowest BCUT2D eigenvalue weighted by Crippen LogP contribution is -2.35. The zero-order valence-electron chi connectivity index (χ0n) is 8.53. The van der Waals surface area contributed by atoms with Crippen molar-refractivity contribution in [2.45, 2.75) is 19.4 Å². The van der Waals surface area contributed by atoms with Crippen molar-refractivity contribution < 1.29 is 4.57 Å². The number of hydrogen-bond acceptors (Lipinski definition) is 0. The molecular formula is C14H12N+. The Morgan fingerprint density at radius 2 is 2.00 bits per heavy atom. The van der Waals surface area contributed by atoms with E-state index in [1.807, 2.05) is 0 Å². The predicted molar refractivity (Wildman–Crippen MR) is 60.1 cm³/mol. The van der Waals surface area contributed by atoms with Crippen LogP contribution in [0.15, 0.2) is 36.1 Å². The van der Waals surface area contributed by atoms with Crippen LogP contribution in [0.2, 0.25) is 0 Å². The summed E-state index contributed by atoms with van der Waals surface area (Å²) in [5, 5.41) is 0. The summed E-state index contributed by atoms with van der Waals surface area (Å²) in [5.74, 6) is 0. The summed E-state index contributed by atoms with van der Waals surface area (Å²) in [7, 11) is 0. The van der Waals surface area contributed by atoms with Gasteiger partial charge in [0.15, 0.2) is 12.7 Å². The van der Waals surface area contributed by atoms with E-state index in [9.17, 15) is 0 Å². The zero-order chi connectivity index (χ0) is 9.83. The van der Waals surface area contributed by atoms with Crippen LogP contribution in [0.25, 0.3) is 11.6 Å². The quantitative estimate of drug-likeness (QED) is 0.558. The van der Waals surface area contributed by atoms with Gasteiger partial charge in [0.2, 0.25) is 5.69 Å². The third-order valence-corrected chi connectivity index (χ3v) is 3.63. The lowest BCUT2D eigenvalue weighted by atomic mass is 10.0. The third kappa shape index (κ3) is 0.858. The smallest absolute Gasteiger partial charge is 0.194 e. The molecule has 2 aliphatic carbocycles. The summed E-state index contributed by atoms with van der Waals surface area (Å²) < 4.78 is 2.40. The minimum absolute atomic E-state index is 1.08. The highest BCUT2D eigenvalue weighted by atomic mass is 15.0. The number of pyridine rings is 1. The summed E-state index contributed by atoms with van der Waals surface area (Å²) in [4.78, 5) is 0. The molecule has 1 aromatic rings. The normalized spacial score (nSPS) is 19.7. The fraction of sp³-hybridized carbons (Fsp3) is 0.214. The van der Waals surface area contributed by atoms with Gasteiger partial charge in [0.25, 0.3) is 0 Å². The second kappa shape index (κ2) is 2.48. The van der Waals surface area contributed by atoms with Crippen LogP contribution in [-0.4, -0.2) is 0 Å². The third-order valence-electron chi connectivity index (χ3n) is 3.63. The minimum atomic E-state index is 1.08. The van der Waals surface area contributed by atoms with Crippen LogP contribution in [0.5, 0.6) is 0 Å². The van der Waals surface area contributed by atoms with Crippen LogP contribution < -0.4 is 4.57 Å². The van der Waals surface area contributed by atoms with E-state index in [1.165, 1.54) is 22.4 Å². The summed E-state index contributed by atoms with van der Waals surface area (Å²) in [6, 6.07) is 2.24. The second-order valence-electron chi connectivity index (χ2n) is 4.44. The molecule has 0 N–H and O–H groups in total. The first kappa shape index (κ1) is 7.63. The Hall–Kier alpha value is -1.63. The topological polar surface area (TPSA) is 3.88 Å². The maximum atomic E-state index is 2.40. The number of nitrogens with zero attached hydrogens (tertiary/aromatic N) is 1. The van der Waals surface area contributed by atoms with Gasteiger partial charge >= 0.3 is 0 Å². The van der Waals surface area contributed by atoms with E-state index in [0.717, 1.165) is 19.4 Å². The van der Waals surface area contributed by atoms with Crippen molar-refractivity contribution in [3.63, 3.8) is 0 Å². The Kier molecular flexibility index (Phi) is 1.26. The van der Waals surface area contributed by atoms with Gasteiger partial charge in [0.1, 0.15) is 0 Å². The molecule has 1 aliphatic heterocycles. The first-order valence-corrected chi connectivity index (χ1v) is 5.54. The summed E-state index contributed by atoms with van der Waals surface area (Å²) in [6.07, 6.45) is 13.6. The van der Waals surface area contributed by atoms with Crippen LogP contribution in [0.1, 0.15) is 23.2 Å². The van der Waals surface area contributed by atoms with Crippen LogP contribution in [0.3, 0.4) is 0 Å². The van der Waals surface area contributed by atoms with Gasteiger partial charge in [0, 0.05) is 22.8 Å². The van der Waals surface area contributed by atoms with Gasteiger partial charge in [-0.15, -0.1) is 0 Å². The van der Waals surface area contributed by atoms with Crippen LogP contribution in [0, 0.1) is 0 Å². The Morgan fingerprint density at radius 1 is 1.07 bits per heavy atom. The minimum Gasteiger partial charge on any atom is -0.194 e. The van der Waals surface area contributed by atoms with E-state index in [-0.39, 0.29) is 0 Å². The lowest BCUT2D eigenvalue weighted by Gasteiger charge is -2.03. The number of aromatic nitrogens is 1. The van der Waals surface area contributed by atoms with Crippen molar-refractivity contribution in [2.24, 2.45) is 0 Å². The predicted octanol–water partition coefficient (Wildman–Crippen LogP) is 2.27. The van der Waals surface area contributed by atoms with Gasteiger partial charge in [-0.3, -0.25) is 0 Å². The first-order chi connectivity index (χ1) is 7.43. The maximum absolute atomic E-state index is 2.40. The van der Waals surface area contributed by atoms with Gasteiger partial charge in [-0.1, -0.05) is 24.3 Å². The van der Waals surface area contributed by atoms with E-state index in [0.29, 0.717) is 0 Å². The van der Waals surface area contributed by atoms with Crippen molar-refractivity contribution in [2.75, 3.05) is 0 Å². The van der Waals surface area contributed by atoms with Crippen LogP contribution in [-0.2, 0) is 13.0 Å².